The molecule has 3 rings (SSSR count). The summed E-state index contributed by atoms with van der Waals surface area (Å²) in [7, 11) is 0. The number of amides is 2. The van der Waals surface area contributed by atoms with Crippen LogP contribution in [0.15, 0.2) is 41.6 Å². The Balaban J connectivity index is 1.48. The molecule has 1 heterocycles. The summed E-state index contributed by atoms with van der Waals surface area (Å²) in [6.07, 6.45) is 6.28. The van der Waals surface area contributed by atoms with E-state index < -0.39 is 12.3 Å². The third kappa shape index (κ3) is 6.28. The third-order valence-corrected chi connectivity index (χ3v) is 5.68. The van der Waals surface area contributed by atoms with Crippen molar-refractivity contribution in [1.29, 1.82) is 0 Å². The molecule has 1 aliphatic carbocycles. The van der Waals surface area contributed by atoms with Crippen LogP contribution in [0.1, 0.15) is 31.2 Å². The summed E-state index contributed by atoms with van der Waals surface area (Å²) in [5.41, 5.74) is 9.47. The van der Waals surface area contributed by atoms with Gasteiger partial charge >= 0.3 is 6.09 Å². The van der Waals surface area contributed by atoms with Crippen LogP contribution in [-0.4, -0.2) is 29.3 Å². The Kier molecular flexibility index (Phi) is 7.88. The van der Waals surface area contributed by atoms with E-state index in [-0.39, 0.29) is 24.5 Å². The van der Waals surface area contributed by atoms with Gasteiger partial charge < -0.3 is 15.8 Å². The highest BCUT2D eigenvalue weighted by atomic mass is 35.5. The van der Waals surface area contributed by atoms with Crippen molar-refractivity contribution in [3.05, 3.63) is 57.2 Å². The first kappa shape index (κ1) is 22.7. The summed E-state index contributed by atoms with van der Waals surface area (Å²) in [5.74, 6) is -0.500. The van der Waals surface area contributed by atoms with Crippen molar-refractivity contribution in [1.82, 2.24) is 15.8 Å². The molecule has 4 N–H and O–H groups in total. The molecule has 30 heavy (non-hydrogen) atoms. The molecule has 1 fully saturated rings. The molecule has 2 amide bonds. The van der Waals surface area contributed by atoms with E-state index in [1.54, 1.807) is 36.4 Å². The van der Waals surface area contributed by atoms with Crippen LogP contribution >= 0.6 is 34.8 Å². The number of ether oxygens (including phenoxy) is 1. The van der Waals surface area contributed by atoms with Gasteiger partial charge in [0.15, 0.2) is 0 Å². The number of allylic oxidation sites excluding steroid dienone is 2. The van der Waals surface area contributed by atoms with Crippen molar-refractivity contribution >= 4 is 46.8 Å². The van der Waals surface area contributed by atoms with Crippen LogP contribution < -0.4 is 16.5 Å². The molecule has 162 valence electrons. The maximum atomic E-state index is 12.7. The fraction of sp³-hybridized carbons (Fsp3) is 0.400. The van der Waals surface area contributed by atoms with Crippen LogP contribution in [0.2, 0.25) is 10.0 Å². The predicted octanol–water partition coefficient (Wildman–Crippen LogP) is 4.05. The first-order chi connectivity index (χ1) is 14.3. The summed E-state index contributed by atoms with van der Waals surface area (Å²) in [5, 5.41) is 5.42. The van der Waals surface area contributed by atoms with Gasteiger partial charge in [0.05, 0.1) is 0 Å². The molecule has 0 saturated heterocycles. The van der Waals surface area contributed by atoms with E-state index in [2.05, 4.69) is 10.7 Å². The molecule has 1 aliphatic heterocycles. The minimum atomic E-state index is -0.550. The lowest BCUT2D eigenvalue weighted by Crippen LogP contribution is -2.53. The molecule has 3 unspecified atom stereocenters. The zero-order valence-electron chi connectivity index (χ0n) is 16.1. The fourth-order valence-corrected chi connectivity index (χ4v) is 4.26. The second kappa shape index (κ2) is 10.4. The fourth-order valence-electron chi connectivity index (χ4n) is 3.47. The van der Waals surface area contributed by atoms with Crippen LogP contribution in [0.5, 0.6) is 0 Å². The van der Waals surface area contributed by atoms with E-state index in [1.807, 2.05) is 0 Å². The minimum Gasteiger partial charge on any atom is -0.446 e. The highest BCUT2D eigenvalue weighted by molar-refractivity contribution is 6.34. The van der Waals surface area contributed by atoms with E-state index in [9.17, 15) is 9.59 Å². The number of rotatable bonds is 5. The molecule has 0 aromatic heterocycles. The number of hydrazine groups is 1. The molecule has 0 bridgehead atoms. The summed E-state index contributed by atoms with van der Waals surface area (Å²) in [4.78, 5) is 24.8. The summed E-state index contributed by atoms with van der Waals surface area (Å²) < 4.78 is 5.50. The van der Waals surface area contributed by atoms with Crippen LogP contribution in [0, 0.1) is 5.92 Å². The van der Waals surface area contributed by atoms with Gasteiger partial charge in [0.2, 0.25) is 5.91 Å². The molecule has 0 radical (unpaired) electrons. The monoisotopic (exact) mass is 472 g/mol. The number of halogens is 3. The number of alkyl carbamates (subject to hydrolysis) is 1. The van der Waals surface area contributed by atoms with Crippen LogP contribution in [0.3, 0.4) is 0 Å². The van der Waals surface area contributed by atoms with Crippen LogP contribution in [-0.2, 0) is 16.1 Å². The van der Waals surface area contributed by atoms with Crippen molar-refractivity contribution in [2.24, 2.45) is 11.7 Å². The van der Waals surface area contributed by atoms with Crippen molar-refractivity contribution in [3.8, 4) is 0 Å². The van der Waals surface area contributed by atoms with Gasteiger partial charge in [-0.3, -0.25) is 15.2 Å². The first-order valence-corrected chi connectivity index (χ1v) is 10.7. The average Bonchev–Trinajstić information content (AvgIpc) is 2.69. The number of hydrogen-bond acceptors (Lipinski definition) is 5. The van der Waals surface area contributed by atoms with Crippen molar-refractivity contribution in [2.75, 3.05) is 0 Å². The smallest absolute Gasteiger partial charge is 0.407 e. The lowest BCUT2D eigenvalue weighted by atomic mass is 9.86. The van der Waals surface area contributed by atoms with Gasteiger partial charge in [-0.1, -0.05) is 40.9 Å². The molecular weight excluding hydrogens is 451 g/mol. The minimum absolute atomic E-state index is 0.199. The Bertz CT molecular complexity index is 841. The van der Waals surface area contributed by atoms with Crippen LogP contribution in [0.25, 0.3) is 0 Å². The van der Waals surface area contributed by atoms with Gasteiger partial charge in [0.25, 0.3) is 0 Å². The largest absolute Gasteiger partial charge is 0.446 e. The number of nitrogens with one attached hydrogen (secondary N) is 2. The number of carbonyl (C=O) groups is 2. The van der Waals surface area contributed by atoms with Crippen molar-refractivity contribution in [3.63, 3.8) is 0 Å². The van der Waals surface area contributed by atoms with Gasteiger partial charge in [-0.2, -0.15) is 0 Å². The van der Waals surface area contributed by atoms with E-state index in [4.69, 9.17) is 45.3 Å². The SMILES string of the molecule is NC1C=CC=C(Cl)N1NC(=O)C1CCCC(OC(=O)NCc2cc(Cl)cc(Cl)c2)C1. The Morgan fingerprint density at radius 1 is 1.17 bits per heavy atom. The molecular formula is C20H23Cl3N4O3. The maximum Gasteiger partial charge on any atom is 0.407 e. The van der Waals surface area contributed by atoms with Gasteiger partial charge in [-0.25, -0.2) is 4.79 Å². The molecule has 3 atom stereocenters. The standard InChI is InChI=1S/C20H23Cl3N4O3/c21-14-7-12(8-15(22)10-14)11-25-20(29)30-16-4-1-3-13(9-16)19(28)26-27-17(23)5-2-6-18(27)24/h2,5-8,10,13,16,18H,1,3-4,9,11,24H2,(H,25,29)(H,26,28). The lowest BCUT2D eigenvalue weighted by molar-refractivity contribution is -0.131. The van der Waals surface area contributed by atoms with Crippen molar-refractivity contribution in [2.45, 2.75) is 44.5 Å². The van der Waals surface area contributed by atoms with Gasteiger partial charge in [0.1, 0.15) is 17.4 Å². The Morgan fingerprint density at radius 3 is 2.60 bits per heavy atom. The van der Waals surface area contributed by atoms with Crippen LogP contribution in [0.4, 0.5) is 4.79 Å². The topological polar surface area (TPSA) is 96.7 Å². The zero-order valence-corrected chi connectivity index (χ0v) is 18.4. The Morgan fingerprint density at radius 2 is 1.90 bits per heavy atom. The first-order valence-electron chi connectivity index (χ1n) is 9.60. The normalized spacial score (nSPS) is 23.5. The molecule has 7 nitrogen and oxygen atoms in total. The number of nitrogens with zero attached hydrogens (tertiary/aromatic N) is 1. The average molecular weight is 474 g/mol. The van der Waals surface area contributed by atoms with Crippen molar-refractivity contribution < 1.29 is 14.3 Å². The Hall–Kier alpha value is -1.93. The number of benzene rings is 1. The van der Waals surface area contributed by atoms with E-state index in [0.717, 1.165) is 12.0 Å². The zero-order chi connectivity index (χ0) is 21.7. The number of nitrogens with two attached hydrogens (primary N) is 1. The molecule has 10 heteroatoms. The van der Waals surface area contributed by atoms with E-state index in [1.165, 1.54) is 5.01 Å². The van der Waals surface area contributed by atoms with Gasteiger partial charge in [-0.15, -0.1) is 0 Å². The highest BCUT2D eigenvalue weighted by Gasteiger charge is 2.31. The van der Waals surface area contributed by atoms with Gasteiger partial charge in [0, 0.05) is 22.5 Å². The summed E-state index contributed by atoms with van der Waals surface area (Å²) in [6, 6.07) is 5.05. The number of carbonyl (C=O) groups excluding carboxylic acids is 2. The molecule has 0 spiro atoms. The molecule has 2 aliphatic rings. The lowest BCUT2D eigenvalue weighted by Gasteiger charge is -2.33. The maximum absolute atomic E-state index is 12.7. The Labute approximate surface area is 190 Å². The third-order valence-electron chi connectivity index (χ3n) is 4.93. The van der Waals surface area contributed by atoms with E-state index in [0.29, 0.717) is 34.5 Å². The quantitative estimate of drug-likeness (QED) is 0.561. The second-order valence-corrected chi connectivity index (χ2v) is 8.49. The predicted molar refractivity (Wildman–Crippen MR) is 117 cm³/mol. The van der Waals surface area contributed by atoms with E-state index >= 15 is 0 Å². The molecule has 1 saturated carbocycles. The molecule has 1 aromatic carbocycles. The second-order valence-electron chi connectivity index (χ2n) is 7.23. The number of hydrogen-bond donors (Lipinski definition) is 3. The summed E-state index contributed by atoms with van der Waals surface area (Å²) in [6.45, 7) is 0.237. The molecule has 1 aromatic rings. The summed E-state index contributed by atoms with van der Waals surface area (Å²) >= 11 is 18.0. The highest BCUT2D eigenvalue weighted by Crippen LogP contribution is 2.27. The van der Waals surface area contributed by atoms with Gasteiger partial charge in [-0.05, 0) is 61.6 Å².